The first-order valence-corrected chi connectivity index (χ1v) is 8.43. The van der Waals surface area contributed by atoms with Gasteiger partial charge in [-0.15, -0.1) is 0 Å². The largest absolute Gasteiger partial charge is 0.417 e. The molecule has 1 amide bonds. The van der Waals surface area contributed by atoms with Gasteiger partial charge in [0.25, 0.3) is 0 Å². The molecule has 26 heavy (non-hydrogen) atoms. The van der Waals surface area contributed by atoms with E-state index in [0.29, 0.717) is 12.2 Å². The number of amides is 1. The van der Waals surface area contributed by atoms with Crippen LogP contribution in [-0.2, 0) is 11.0 Å². The van der Waals surface area contributed by atoms with E-state index in [2.05, 4.69) is 15.5 Å². The summed E-state index contributed by atoms with van der Waals surface area (Å²) in [6, 6.07) is 3.89. The number of hydrogen-bond donors (Lipinski definition) is 1. The lowest BCUT2D eigenvalue weighted by Gasteiger charge is -2.16. The SMILES string of the molecule is CC[C@H](Sc1nc(C)cc(C(F)(F)F)c1C#N)C(=O)Nc1cc(C)on1. The van der Waals surface area contributed by atoms with Gasteiger partial charge in [0.15, 0.2) is 5.82 Å². The van der Waals surface area contributed by atoms with Gasteiger partial charge in [0.05, 0.1) is 16.4 Å². The molecule has 0 aliphatic carbocycles. The Balaban J connectivity index is 2.31. The summed E-state index contributed by atoms with van der Waals surface area (Å²) in [6.45, 7) is 4.76. The zero-order valence-electron chi connectivity index (χ0n) is 14.1. The summed E-state index contributed by atoms with van der Waals surface area (Å²) in [5.41, 5.74) is -1.53. The predicted octanol–water partition coefficient (Wildman–Crippen LogP) is 4.09. The van der Waals surface area contributed by atoms with Crippen molar-refractivity contribution in [2.24, 2.45) is 0 Å². The second-order valence-corrected chi connectivity index (χ2v) is 6.62. The number of thioether (sulfide) groups is 1. The van der Waals surface area contributed by atoms with Crippen molar-refractivity contribution in [1.82, 2.24) is 10.1 Å². The number of rotatable bonds is 5. The smallest absolute Gasteiger partial charge is 0.360 e. The number of carbonyl (C=O) groups excluding carboxylic acids is 1. The van der Waals surface area contributed by atoms with Crippen molar-refractivity contribution in [3.8, 4) is 6.07 Å². The molecule has 6 nitrogen and oxygen atoms in total. The van der Waals surface area contributed by atoms with Crippen molar-refractivity contribution in [3.63, 3.8) is 0 Å². The molecule has 0 spiro atoms. The van der Waals surface area contributed by atoms with Crippen LogP contribution in [0.4, 0.5) is 19.0 Å². The van der Waals surface area contributed by atoms with Crippen molar-refractivity contribution >= 4 is 23.5 Å². The summed E-state index contributed by atoms with van der Waals surface area (Å²) in [7, 11) is 0. The van der Waals surface area contributed by atoms with E-state index in [0.717, 1.165) is 17.8 Å². The second-order valence-electron chi connectivity index (χ2n) is 5.43. The van der Waals surface area contributed by atoms with Crippen LogP contribution >= 0.6 is 11.8 Å². The third kappa shape index (κ3) is 4.54. The number of nitrogens with zero attached hydrogens (tertiary/aromatic N) is 3. The van der Waals surface area contributed by atoms with Crippen LogP contribution in [0.1, 0.15) is 35.9 Å². The van der Waals surface area contributed by atoms with E-state index in [9.17, 15) is 23.2 Å². The first kappa shape index (κ1) is 19.8. The molecule has 2 rings (SSSR count). The Labute approximate surface area is 151 Å². The maximum atomic E-state index is 13.2. The van der Waals surface area contributed by atoms with Gasteiger partial charge in [-0.3, -0.25) is 4.79 Å². The number of aromatic nitrogens is 2. The van der Waals surface area contributed by atoms with Crippen LogP contribution in [0.2, 0.25) is 0 Å². The molecule has 2 heterocycles. The quantitative estimate of drug-likeness (QED) is 0.781. The molecule has 2 aromatic rings. The van der Waals surface area contributed by atoms with Crippen LogP contribution in [0.25, 0.3) is 0 Å². The normalized spacial score (nSPS) is 12.5. The molecule has 0 saturated carbocycles. The zero-order valence-corrected chi connectivity index (χ0v) is 15.0. The number of halogens is 3. The van der Waals surface area contributed by atoms with E-state index in [-0.39, 0.29) is 16.5 Å². The van der Waals surface area contributed by atoms with E-state index in [4.69, 9.17) is 4.52 Å². The van der Waals surface area contributed by atoms with Gasteiger partial charge < -0.3 is 9.84 Å². The van der Waals surface area contributed by atoms with Crippen molar-refractivity contribution in [3.05, 3.63) is 34.7 Å². The number of nitrogens with one attached hydrogen (secondary N) is 1. The first-order valence-electron chi connectivity index (χ1n) is 7.55. The minimum Gasteiger partial charge on any atom is -0.360 e. The second kappa shape index (κ2) is 7.78. The third-order valence-corrected chi connectivity index (χ3v) is 4.68. The van der Waals surface area contributed by atoms with Gasteiger partial charge in [-0.05, 0) is 26.3 Å². The Morgan fingerprint density at radius 2 is 2.12 bits per heavy atom. The molecule has 0 radical (unpaired) electrons. The van der Waals surface area contributed by atoms with Gasteiger partial charge in [-0.1, -0.05) is 23.8 Å². The van der Waals surface area contributed by atoms with Gasteiger partial charge in [-0.25, -0.2) is 4.98 Å². The fourth-order valence-corrected chi connectivity index (χ4v) is 3.22. The average molecular weight is 384 g/mol. The van der Waals surface area contributed by atoms with Gasteiger partial charge in [0, 0.05) is 11.8 Å². The van der Waals surface area contributed by atoms with Crippen LogP contribution in [-0.4, -0.2) is 21.3 Å². The van der Waals surface area contributed by atoms with Gasteiger partial charge >= 0.3 is 6.18 Å². The molecule has 1 N–H and O–H groups in total. The topological polar surface area (TPSA) is 91.8 Å². The van der Waals surface area contributed by atoms with Crippen molar-refractivity contribution in [2.75, 3.05) is 5.32 Å². The highest BCUT2D eigenvalue weighted by Gasteiger charge is 2.36. The number of alkyl halides is 3. The molecular weight excluding hydrogens is 369 g/mol. The summed E-state index contributed by atoms with van der Waals surface area (Å²) in [5, 5.41) is 14.5. The fourth-order valence-electron chi connectivity index (χ4n) is 2.15. The summed E-state index contributed by atoms with van der Waals surface area (Å²) in [4.78, 5) is 16.4. The molecule has 0 unspecified atom stereocenters. The summed E-state index contributed by atoms with van der Waals surface area (Å²) in [6.07, 6.45) is -4.37. The van der Waals surface area contributed by atoms with Crippen LogP contribution in [0.3, 0.4) is 0 Å². The third-order valence-electron chi connectivity index (χ3n) is 3.33. The summed E-state index contributed by atoms with van der Waals surface area (Å²) < 4.78 is 44.4. The van der Waals surface area contributed by atoms with Crippen LogP contribution < -0.4 is 5.32 Å². The molecule has 0 aromatic carbocycles. The lowest BCUT2D eigenvalue weighted by molar-refractivity contribution is -0.138. The molecule has 2 aromatic heterocycles. The number of carbonyl (C=O) groups is 1. The fraction of sp³-hybridized carbons (Fsp3) is 0.375. The van der Waals surface area contributed by atoms with Crippen LogP contribution in [0, 0.1) is 25.2 Å². The molecule has 138 valence electrons. The Kier molecular flexibility index (Phi) is 5.92. The van der Waals surface area contributed by atoms with Gasteiger partial charge in [0.2, 0.25) is 5.91 Å². The van der Waals surface area contributed by atoms with E-state index in [1.807, 2.05) is 0 Å². The van der Waals surface area contributed by atoms with Crippen LogP contribution in [0.5, 0.6) is 0 Å². The first-order chi connectivity index (χ1) is 12.2. The number of aryl methyl sites for hydroxylation is 2. The predicted molar refractivity (Wildman–Crippen MR) is 88.5 cm³/mol. The number of anilines is 1. The molecule has 1 atom stereocenters. The maximum absolute atomic E-state index is 13.2. The molecule has 0 saturated heterocycles. The standard InChI is InChI=1S/C16H15F3N4O2S/c1-4-12(14(24)22-13-6-9(3)25-23-13)26-15-10(7-20)11(16(17,18)19)5-8(2)21-15/h5-6,12H,4H2,1-3H3,(H,22,23,24)/t12-/m0/s1. The molecule has 10 heteroatoms. The monoisotopic (exact) mass is 384 g/mol. The zero-order chi connectivity index (χ0) is 19.5. The number of hydrogen-bond acceptors (Lipinski definition) is 6. The van der Waals surface area contributed by atoms with Crippen molar-refractivity contribution in [2.45, 2.75) is 43.6 Å². The average Bonchev–Trinajstić information content (AvgIpc) is 2.95. The van der Waals surface area contributed by atoms with E-state index in [1.165, 1.54) is 13.0 Å². The number of nitriles is 1. The number of pyridine rings is 1. The van der Waals surface area contributed by atoms with E-state index in [1.54, 1.807) is 19.9 Å². The van der Waals surface area contributed by atoms with Gasteiger partial charge in [0.1, 0.15) is 16.9 Å². The highest BCUT2D eigenvalue weighted by atomic mass is 32.2. The van der Waals surface area contributed by atoms with Crippen molar-refractivity contribution < 1.29 is 22.5 Å². The van der Waals surface area contributed by atoms with E-state index >= 15 is 0 Å². The van der Waals surface area contributed by atoms with Crippen LogP contribution in [0.15, 0.2) is 21.7 Å². The summed E-state index contributed by atoms with van der Waals surface area (Å²) >= 11 is 0.814. The Bertz CT molecular complexity index is 858. The van der Waals surface area contributed by atoms with Gasteiger partial charge in [-0.2, -0.15) is 18.4 Å². The highest BCUT2D eigenvalue weighted by Crippen LogP contribution is 2.37. The molecular formula is C16H15F3N4O2S. The summed E-state index contributed by atoms with van der Waals surface area (Å²) in [5.74, 6) is 0.245. The minimum absolute atomic E-state index is 0.112. The minimum atomic E-state index is -4.68. The lowest BCUT2D eigenvalue weighted by atomic mass is 10.1. The maximum Gasteiger partial charge on any atom is 0.417 e. The molecule has 0 aliphatic rings. The molecule has 0 aliphatic heterocycles. The Hall–Kier alpha value is -2.54. The molecule has 0 fully saturated rings. The van der Waals surface area contributed by atoms with E-state index < -0.39 is 28.5 Å². The highest BCUT2D eigenvalue weighted by molar-refractivity contribution is 8.00. The Morgan fingerprint density at radius 1 is 1.42 bits per heavy atom. The lowest BCUT2D eigenvalue weighted by Crippen LogP contribution is -2.25. The Morgan fingerprint density at radius 3 is 2.62 bits per heavy atom. The molecule has 0 bridgehead atoms. The van der Waals surface area contributed by atoms with Crippen molar-refractivity contribution in [1.29, 1.82) is 5.26 Å².